The maximum absolute atomic E-state index is 12.8. The normalized spacial score (nSPS) is 14.3. The van der Waals surface area contributed by atoms with Crippen molar-refractivity contribution in [2.75, 3.05) is 5.32 Å². The third-order valence-electron chi connectivity index (χ3n) is 4.87. The Hall–Kier alpha value is -4.07. The van der Waals surface area contributed by atoms with E-state index in [4.69, 9.17) is 9.47 Å². The van der Waals surface area contributed by atoms with Crippen LogP contribution in [0.2, 0.25) is 0 Å². The van der Waals surface area contributed by atoms with E-state index in [9.17, 15) is 9.59 Å². The fraction of sp³-hybridized carbons (Fsp3) is 0.174. The summed E-state index contributed by atoms with van der Waals surface area (Å²) in [7, 11) is 1.78. The standard InChI is InChI=1S/C23H22N4O4/c1-14-10-19-20(30-14)11-17(23(29)25-22-8-9-27(3)26-22)12-21(19)31-18-6-4-16(5-7-18)15(2)24-13-28/h4-9,11-14H,2,10H2,1,3H3,(H,24,28)(H,25,26,29). The van der Waals surface area contributed by atoms with Gasteiger partial charge in [-0.3, -0.25) is 14.3 Å². The number of rotatable bonds is 7. The number of aryl methyl sites for hydroxylation is 1. The van der Waals surface area contributed by atoms with E-state index >= 15 is 0 Å². The molecular weight excluding hydrogens is 396 g/mol. The molecule has 0 fully saturated rings. The fourth-order valence-electron chi connectivity index (χ4n) is 3.37. The van der Waals surface area contributed by atoms with Gasteiger partial charge in [0.05, 0.1) is 0 Å². The van der Waals surface area contributed by atoms with Gasteiger partial charge in [0.15, 0.2) is 5.82 Å². The molecule has 8 nitrogen and oxygen atoms in total. The molecule has 1 unspecified atom stereocenters. The van der Waals surface area contributed by atoms with Crippen LogP contribution in [-0.2, 0) is 18.3 Å². The molecule has 0 saturated heterocycles. The summed E-state index contributed by atoms with van der Waals surface area (Å²) in [5.41, 5.74) is 2.59. The first-order valence-corrected chi connectivity index (χ1v) is 9.75. The Kier molecular flexibility index (Phi) is 5.44. The summed E-state index contributed by atoms with van der Waals surface area (Å²) in [5, 5.41) is 9.48. The Balaban J connectivity index is 1.60. The van der Waals surface area contributed by atoms with Crippen molar-refractivity contribution in [1.82, 2.24) is 15.1 Å². The van der Waals surface area contributed by atoms with E-state index in [1.54, 1.807) is 60.4 Å². The number of carbonyl (C=O) groups excluding carboxylic acids is 2. The van der Waals surface area contributed by atoms with Gasteiger partial charge in [-0.25, -0.2) is 0 Å². The highest BCUT2D eigenvalue weighted by atomic mass is 16.5. The van der Waals surface area contributed by atoms with Crippen LogP contribution in [0.3, 0.4) is 0 Å². The number of hydrogen-bond acceptors (Lipinski definition) is 5. The van der Waals surface area contributed by atoms with Gasteiger partial charge in [-0.15, -0.1) is 0 Å². The first-order chi connectivity index (χ1) is 14.9. The molecule has 1 aliphatic rings. The monoisotopic (exact) mass is 418 g/mol. The van der Waals surface area contributed by atoms with Crippen molar-refractivity contribution in [2.45, 2.75) is 19.4 Å². The Bertz CT molecular complexity index is 1150. The van der Waals surface area contributed by atoms with E-state index in [1.807, 2.05) is 6.92 Å². The number of nitrogens with zero attached hydrogens (tertiary/aromatic N) is 2. The SMILES string of the molecule is C=C(NC=O)c1ccc(Oc2cc(C(=O)Nc3ccn(C)n3)cc3c2CC(C)O3)cc1. The quantitative estimate of drug-likeness (QED) is 0.573. The van der Waals surface area contributed by atoms with E-state index in [0.29, 0.717) is 47.2 Å². The summed E-state index contributed by atoms with van der Waals surface area (Å²) in [6, 6.07) is 12.3. The third kappa shape index (κ3) is 4.42. The number of amides is 2. The largest absolute Gasteiger partial charge is 0.490 e. The highest BCUT2D eigenvalue weighted by molar-refractivity contribution is 6.04. The van der Waals surface area contributed by atoms with E-state index in [0.717, 1.165) is 11.1 Å². The zero-order valence-corrected chi connectivity index (χ0v) is 17.2. The van der Waals surface area contributed by atoms with Gasteiger partial charge in [0, 0.05) is 42.6 Å². The highest BCUT2D eigenvalue weighted by Crippen LogP contribution is 2.39. The van der Waals surface area contributed by atoms with Crippen LogP contribution in [0.4, 0.5) is 5.82 Å². The number of aromatic nitrogens is 2. The van der Waals surface area contributed by atoms with Crippen LogP contribution in [0, 0.1) is 0 Å². The van der Waals surface area contributed by atoms with E-state index in [-0.39, 0.29) is 12.0 Å². The molecule has 1 atom stereocenters. The van der Waals surface area contributed by atoms with Crippen LogP contribution in [0.25, 0.3) is 5.70 Å². The average molecular weight is 418 g/mol. The molecule has 2 aromatic carbocycles. The predicted octanol–water partition coefficient (Wildman–Crippen LogP) is 3.50. The number of hydrogen-bond donors (Lipinski definition) is 2. The summed E-state index contributed by atoms with van der Waals surface area (Å²) in [5.74, 6) is 1.94. The van der Waals surface area contributed by atoms with Gasteiger partial charge in [0.1, 0.15) is 23.4 Å². The van der Waals surface area contributed by atoms with E-state index < -0.39 is 0 Å². The summed E-state index contributed by atoms with van der Waals surface area (Å²) < 4.78 is 13.6. The number of carbonyl (C=O) groups is 2. The molecule has 3 aromatic rings. The lowest BCUT2D eigenvalue weighted by molar-refractivity contribution is -0.108. The molecule has 2 heterocycles. The van der Waals surface area contributed by atoms with E-state index in [1.165, 1.54) is 0 Å². The van der Waals surface area contributed by atoms with Crippen LogP contribution in [-0.4, -0.2) is 28.2 Å². The molecule has 2 amide bonds. The first-order valence-electron chi connectivity index (χ1n) is 9.75. The molecule has 8 heteroatoms. The highest BCUT2D eigenvalue weighted by Gasteiger charge is 2.26. The minimum atomic E-state index is -0.305. The lowest BCUT2D eigenvalue weighted by Crippen LogP contribution is -2.13. The van der Waals surface area contributed by atoms with Crippen LogP contribution in [0.15, 0.2) is 55.2 Å². The maximum atomic E-state index is 12.8. The topological polar surface area (TPSA) is 94.5 Å². The van der Waals surface area contributed by atoms with Gasteiger partial charge in [0.2, 0.25) is 6.41 Å². The van der Waals surface area contributed by atoms with Crippen molar-refractivity contribution < 1.29 is 19.1 Å². The van der Waals surface area contributed by atoms with Crippen molar-refractivity contribution in [3.05, 3.63) is 71.9 Å². The number of fused-ring (bicyclic) bond motifs is 1. The number of nitrogens with one attached hydrogen (secondary N) is 2. The molecule has 158 valence electrons. The summed E-state index contributed by atoms with van der Waals surface area (Å²) in [4.78, 5) is 23.4. The zero-order valence-electron chi connectivity index (χ0n) is 17.2. The van der Waals surface area contributed by atoms with Crippen LogP contribution in [0.1, 0.15) is 28.4 Å². The molecular formula is C23H22N4O4. The second-order valence-corrected chi connectivity index (χ2v) is 7.28. The Morgan fingerprint density at radius 2 is 2.03 bits per heavy atom. The molecule has 0 saturated carbocycles. The Morgan fingerprint density at radius 3 is 2.71 bits per heavy atom. The van der Waals surface area contributed by atoms with Gasteiger partial charge in [-0.05, 0) is 48.9 Å². The third-order valence-corrected chi connectivity index (χ3v) is 4.87. The molecule has 4 rings (SSSR count). The average Bonchev–Trinajstić information content (AvgIpc) is 3.33. The van der Waals surface area contributed by atoms with Gasteiger partial charge >= 0.3 is 0 Å². The second kappa shape index (κ2) is 8.35. The van der Waals surface area contributed by atoms with Crippen molar-refractivity contribution in [3.63, 3.8) is 0 Å². The van der Waals surface area contributed by atoms with Crippen molar-refractivity contribution in [1.29, 1.82) is 0 Å². The first kappa shape index (κ1) is 20.2. The maximum Gasteiger partial charge on any atom is 0.257 e. The van der Waals surface area contributed by atoms with Crippen LogP contribution >= 0.6 is 0 Å². The lowest BCUT2D eigenvalue weighted by atomic mass is 10.1. The second-order valence-electron chi connectivity index (χ2n) is 7.28. The smallest absolute Gasteiger partial charge is 0.257 e. The van der Waals surface area contributed by atoms with Gasteiger partial charge in [0.25, 0.3) is 5.91 Å². The molecule has 1 aromatic heterocycles. The molecule has 0 bridgehead atoms. The summed E-state index contributed by atoms with van der Waals surface area (Å²) >= 11 is 0. The van der Waals surface area contributed by atoms with E-state index in [2.05, 4.69) is 22.3 Å². The minimum Gasteiger partial charge on any atom is -0.490 e. The number of anilines is 1. The molecule has 0 radical (unpaired) electrons. The summed E-state index contributed by atoms with van der Waals surface area (Å²) in [6.45, 7) is 5.77. The Morgan fingerprint density at radius 1 is 1.26 bits per heavy atom. The van der Waals surface area contributed by atoms with Gasteiger partial charge in [-0.2, -0.15) is 5.10 Å². The predicted molar refractivity (Wildman–Crippen MR) is 116 cm³/mol. The number of benzene rings is 2. The fourth-order valence-corrected chi connectivity index (χ4v) is 3.37. The molecule has 2 N–H and O–H groups in total. The van der Waals surface area contributed by atoms with Crippen molar-refractivity contribution >= 4 is 23.8 Å². The van der Waals surface area contributed by atoms with Crippen LogP contribution in [0.5, 0.6) is 17.2 Å². The van der Waals surface area contributed by atoms with Crippen molar-refractivity contribution in [2.24, 2.45) is 7.05 Å². The Labute approximate surface area is 179 Å². The molecule has 1 aliphatic heterocycles. The minimum absolute atomic E-state index is 0.00781. The number of ether oxygens (including phenoxy) is 2. The molecule has 0 spiro atoms. The lowest BCUT2D eigenvalue weighted by Gasteiger charge is -2.13. The van der Waals surface area contributed by atoms with Gasteiger partial charge < -0.3 is 20.1 Å². The zero-order chi connectivity index (χ0) is 22.0. The molecule has 31 heavy (non-hydrogen) atoms. The van der Waals surface area contributed by atoms with Crippen LogP contribution < -0.4 is 20.1 Å². The van der Waals surface area contributed by atoms with Gasteiger partial charge in [-0.1, -0.05) is 6.58 Å². The van der Waals surface area contributed by atoms with Crippen molar-refractivity contribution in [3.8, 4) is 17.2 Å². The summed E-state index contributed by atoms with van der Waals surface area (Å²) in [6.07, 6.45) is 3.01. The molecule has 0 aliphatic carbocycles.